The minimum Gasteiger partial charge on any atom is -0.382 e. The van der Waals surface area contributed by atoms with Crippen LogP contribution in [0.5, 0.6) is 0 Å². The Hall–Kier alpha value is -1.49. The number of anilines is 1. The van der Waals surface area contributed by atoms with Crippen molar-refractivity contribution in [2.24, 2.45) is 11.8 Å². The lowest BCUT2D eigenvalue weighted by atomic mass is 9.97. The molecule has 2 heteroatoms. The molecule has 1 N–H and O–H groups in total. The molecule has 0 aromatic heterocycles. The molecule has 0 aliphatic heterocycles. The first-order chi connectivity index (χ1) is 8.11. The van der Waals surface area contributed by atoms with E-state index in [4.69, 9.17) is 5.26 Å². The molecular formula is C15H20N2. The number of nitrogens with zero attached hydrogens (tertiary/aromatic N) is 1. The normalized spacial score (nSPS) is 27.8. The van der Waals surface area contributed by atoms with Gasteiger partial charge < -0.3 is 5.32 Å². The summed E-state index contributed by atoms with van der Waals surface area (Å²) in [4.78, 5) is 0. The first-order valence-corrected chi connectivity index (χ1v) is 6.39. The zero-order valence-corrected chi connectivity index (χ0v) is 10.8. The van der Waals surface area contributed by atoms with Gasteiger partial charge in [0.15, 0.2) is 0 Å². The van der Waals surface area contributed by atoms with Crippen molar-refractivity contribution in [2.45, 2.75) is 39.7 Å². The van der Waals surface area contributed by atoms with Crippen LogP contribution in [0, 0.1) is 30.1 Å². The van der Waals surface area contributed by atoms with Crippen LogP contribution in [-0.4, -0.2) is 6.04 Å². The highest BCUT2D eigenvalue weighted by Gasteiger charge is 2.29. The molecule has 1 aromatic carbocycles. The fourth-order valence-electron chi connectivity index (χ4n) is 2.66. The van der Waals surface area contributed by atoms with Gasteiger partial charge in [0.05, 0.1) is 11.6 Å². The van der Waals surface area contributed by atoms with Crippen LogP contribution in [0.4, 0.5) is 5.69 Å². The third-order valence-corrected chi connectivity index (χ3v) is 4.16. The van der Waals surface area contributed by atoms with Crippen LogP contribution >= 0.6 is 0 Å². The van der Waals surface area contributed by atoms with Gasteiger partial charge in [-0.25, -0.2) is 0 Å². The topological polar surface area (TPSA) is 35.8 Å². The van der Waals surface area contributed by atoms with E-state index in [2.05, 4.69) is 31.3 Å². The van der Waals surface area contributed by atoms with E-state index < -0.39 is 0 Å². The predicted octanol–water partition coefficient (Wildman–Crippen LogP) is 3.71. The Morgan fingerprint density at radius 1 is 1.29 bits per heavy atom. The molecule has 1 aromatic rings. The maximum Gasteiger partial charge on any atom is 0.0994 e. The standard InChI is InChI=1S/C15H20N2/c1-10-4-7-15(12(10)3)17-14-6-5-13(9-16)11(2)8-14/h5-6,8,10,12,15,17H,4,7H2,1-3H3. The molecule has 1 saturated carbocycles. The van der Waals surface area contributed by atoms with Gasteiger partial charge in [-0.3, -0.25) is 0 Å². The summed E-state index contributed by atoms with van der Waals surface area (Å²) in [5.74, 6) is 1.54. The van der Waals surface area contributed by atoms with Gasteiger partial charge in [0.2, 0.25) is 0 Å². The van der Waals surface area contributed by atoms with Crippen molar-refractivity contribution in [3.63, 3.8) is 0 Å². The molecule has 1 fully saturated rings. The van der Waals surface area contributed by atoms with Crippen molar-refractivity contribution >= 4 is 5.69 Å². The zero-order valence-electron chi connectivity index (χ0n) is 10.8. The SMILES string of the molecule is Cc1cc(NC2CCC(C)C2C)ccc1C#N. The number of rotatable bonds is 2. The summed E-state index contributed by atoms with van der Waals surface area (Å²) >= 11 is 0. The maximum atomic E-state index is 8.90. The summed E-state index contributed by atoms with van der Waals surface area (Å²) in [7, 11) is 0. The third kappa shape index (κ3) is 2.44. The molecule has 2 rings (SSSR count). The molecule has 1 aliphatic carbocycles. The minimum atomic E-state index is 0.581. The highest BCUT2D eigenvalue weighted by Crippen LogP contribution is 2.33. The maximum absolute atomic E-state index is 8.90. The van der Waals surface area contributed by atoms with Crippen LogP contribution in [0.2, 0.25) is 0 Å². The summed E-state index contributed by atoms with van der Waals surface area (Å²) in [6.07, 6.45) is 2.56. The second-order valence-corrected chi connectivity index (χ2v) is 5.31. The third-order valence-electron chi connectivity index (χ3n) is 4.16. The fourth-order valence-corrected chi connectivity index (χ4v) is 2.66. The molecule has 0 amide bonds. The Labute approximate surface area is 104 Å². The van der Waals surface area contributed by atoms with Gasteiger partial charge in [-0.05, 0) is 55.4 Å². The van der Waals surface area contributed by atoms with E-state index in [0.29, 0.717) is 6.04 Å². The number of nitriles is 1. The fraction of sp³-hybridized carbons (Fsp3) is 0.533. The molecule has 1 aliphatic rings. The zero-order chi connectivity index (χ0) is 12.4. The smallest absolute Gasteiger partial charge is 0.0994 e. The summed E-state index contributed by atoms with van der Waals surface area (Å²) in [5, 5.41) is 12.5. The van der Waals surface area contributed by atoms with E-state index in [1.165, 1.54) is 12.8 Å². The number of benzene rings is 1. The molecule has 90 valence electrons. The Balaban J connectivity index is 2.10. The predicted molar refractivity (Wildman–Crippen MR) is 70.9 cm³/mol. The Bertz CT molecular complexity index is 445. The van der Waals surface area contributed by atoms with Crippen LogP contribution in [0.15, 0.2) is 18.2 Å². The molecular weight excluding hydrogens is 208 g/mol. The van der Waals surface area contributed by atoms with Crippen molar-refractivity contribution in [1.82, 2.24) is 0 Å². The summed E-state index contributed by atoms with van der Waals surface area (Å²) in [6.45, 7) is 6.65. The molecule has 3 unspecified atom stereocenters. The largest absolute Gasteiger partial charge is 0.382 e. The molecule has 17 heavy (non-hydrogen) atoms. The number of hydrogen-bond acceptors (Lipinski definition) is 2. The number of nitrogens with one attached hydrogen (secondary N) is 1. The molecule has 0 bridgehead atoms. The van der Waals surface area contributed by atoms with E-state index in [0.717, 1.165) is 28.7 Å². The van der Waals surface area contributed by atoms with E-state index in [1.54, 1.807) is 0 Å². The van der Waals surface area contributed by atoms with E-state index in [-0.39, 0.29) is 0 Å². The lowest BCUT2D eigenvalue weighted by Crippen LogP contribution is -2.23. The van der Waals surface area contributed by atoms with Crippen molar-refractivity contribution in [2.75, 3.05) is 5.32 Å². The first-order valence-electron chi connectivity index (χ1n) is 6.39. The molecule has 2 nitrogen and oxygen atoms in total. The highest BCUT2D eigenvalue weighted by atomic mass is 14.9. The lowest BCUT2D eigenvalue weighted by Gasteiger charge is -2.21. The Kier molecular flexibility index (Phi) is 3.38. The monoisotopic (exact) mass is 228 g/mol. The van der Waals surface area contributed by atoms with Crippen LogP contribution in [-0.2, 0) is 0 Å². The van der Waals surface area contributed by atoms with Gasteiger partial charge in [0, 0.05) is 11.7 Å². The molecule has 0 spiro atoms. The van der Waals surface area contributed by atoms with Gasteiger partial charge in [0.1, 0.15) is 0 Å². The van der Waals surface area contributed by atoms with E-state index in [9.17, 15) is 0 Å². The van der Waals surface area contributed by atoms with E-state index in [1.807, 2.05) is 19.1 Å². The molecule has 0 radical (unpaired) electrons. The lowest BCUT2D eigenvalue weighted by molar-refractivity contribution is 0.435. The summed E-state index contributed by atoms with van der Waals surface area (Å²) in [6, 6.07) is 8.78. The van der Waals surface area contributed by atoms with Crippen molar-refractivity contribution in [3.05, 3.63) is 29.3 Å². The first kappa shape index (κ1) is 12.0. The van der Waals surface area contributed by atoms with Crippen molar-refractivity contribution in [1.29, 1.82) is 5.26 Å². The quantitative estimate of drug-likeness (QED) is 0.837. The number of aryl methyl sites for hydroxylation is 1. The van der Waals surface area contributed by atoms with E-state index >= 15 is 0 Å². The van der Waals surface area contributed by atoms with Gasteiger partial charge in [-0.2, -0.15) is 5.26 Å². The second-order valence-electron chi connectivity index (χ2n) is 5.31. The van der Waals surface area contributed by atoms with Gasteiger partial charge in [0.25, 0.3) is 0 Å². The second kappa shape index (κ2) is 4.79. The van der Waals surface area contributed by atoms with Crippen molar-refractivity contribution < 1.29 is 0 Å². The van der Waals surface area contributed by atoms with Crippen LogP contribution in [0.1, 0.15) is 37.8 Å². The minimum absolute atomic E-state index is 0.581. The number of hydrogen-bond donors (Lipinski definition) is 1. The summed E-state index contributed by atoms with van der Waals surface area (Å²) in [5.41, 5.74) is 2.96. The Morgan fingerprint density at radius 3 is 2.59 bits per heavy atom. The van der Waals surface area contributed by atoms with Crippen LogP contribution in [0.25, 0.3) is 0 Å². The van der Waals surface area contributed by atoms with Crippen LogP contribution < -0.4 is 5.32 Å². The molecule has 3 atom stereocenters. The van der Waals surface area contributed by atoms with Gasteiger partial charge in [-0.1, -0.05) is 13.8 Å². The highest BCUT2D eigenvalue weighted by molar-refractivity contribution is 5.52. The summed E-state index contributed by atoms with van der Waals surface area (Å²) < 4.78 is 0. The van der Waals surface area contributed by atoms with Gasteiger partial charge in [-0.15, -0.1) is 0 Å². The Morgan fingerprint density at radius 2 is 2.06 bits per heavy atom. The molecule has 0 saturated heterocycles. The average Bonchev–Trinajstić information content (AvgIpc) is 2.61. The van der Waals surface area contributed by atoms with Gasteiger partial charge >= 0.3 is 0 Å². The van der Waals surface area contributed by atoms with Crippen molar-refractivity contribution in [3.8, 4) is 6.07 Å². The molecule has 0 heterocycles. The average molecular weight is 228 g/mol. The van der Waals surface area contributed by atoms with Crippen LogP contribution in [0.3, 0.4) is 0 Å².